The topological polar surface area (TPSA) is 121 Å². The molecule has 8 nitrogen and oxygen atoms in total. The number of nitrogens with one attached hydrogen (secondary N) is 2. The van der Waals surface area contributed by atoms with E-state index in [1.807, 2.05) is 6.92 Å². The number of hydrogen-bond acceptors (Lipinski definition) is 7. The van der Waals surface area contributed by atoms with Gasteiger partial charge < -0.3 is 19.4 Å². The number of aliphatic hydroxyl groups is 1. The third-order valence-corrected chi connectivity index (χ3v) is 5.28. The van der Waals surface area contributed by atoms with E-state index in [9.17, 15) is 19.8 Å². The lowest BCUT2D eigenvalue weighted by atomic mass is 9.82. The highest BCUT2D eigenvalue weighted by atomic mass is 35.5. The Labute approximate surface area is 166 Å². The molecule has 1 aliphatic rings. The Morgan fingerprint density at radius 3 is 2.64 bits per heavy atom. The van der Waals surface area contributed by atoms with Crippen molar-refractivity contribution in [2.24, 2.45) is 5.92 Å². The number of furan rings is 1. The van der Waals surface area contributed by atoms with E-state index in [0.717, 1.165) is 0 Å². The van der Waals surface area contributed by atoms with E-state index in [4.69, 9.17) is 20.8 Å². The summed E-state index contributed by atoms with van der Waals surface area (Å²) in [6.45, 7) is 1.88. The number of rotatable bonds is 6. The number of carbonyl (C=O) groups is 2. The molecule has 0 saturated carbocycles. The SMILES string of the molecule is COC(=O)CC(c1ccc(-c2cc(C(=O)O)ccc2Cl)o1)C1C(C)NNC1O. The van der Waals surface area contributed by atoms with Crippen LogP contribution in [0.15, 0.2) is 34.7 Å². The molecular formula is C19H21ClN2O6. The number of carbonyl (C=O) groups excluding carboxylic acids is 1. The average molecular weight is 409 g/mol. The molecular weight excluding hydrogens is 388 g/mol. The van der Waals surface area contributed by atoms with Crippen LogP contribution in [-0.2, 0) is 9.53 Å². The van der Waals surface area contributed by atoms with Crippen LogP contribution < -0.4 is 10.9 Å². The predicted octanol–water partition coefficient (Wildman–Crippen LogP) is 2.38. The van der Waals surface area contributed by atoms with Crippen LogP contribution in [0.4, 0.5) is 0 Å². The van der Waals surface area contributed by atoms with E-state index in [1.54, 1.807) is 12.1 Å². The maximum absolute atomic E-state index is 11.9. The van der Waals surface area contributed by atoms with Gasteiger partial charge in [0.2, 0.25) is 0 Å². The first-order valence-electron chi connectivity index (χ1n) is 8.70. The Hall–Kier alpha value is -2.39. The lowest BCUT2D eigenvalue weighted by Gasteiger charge is -2.25. The predicted molar refractivity (Wildman–Crippen MR) is 101 cm³/mol. The second-order valence-electron chi connectivity index (χ2n) is 6.69. The number of hydrazine groups is 1. The molecule has 28 heavy (non-hydrogen) atoms. The number of halogens is 1. The molecule has 0 spiro atoms. The summed E-state index contributed by atoms with van der Waals surface area (Å²) in [5.41, 5.74) is 6.21. The van der Waals surface area contributed by atoms with Gasteiger partial charge in [-0.15, -0.1) is 0 Å². The highest BCUT2D eigenvalue weighted by Crippen LogP contribution is 2.38. The van der Waals surface area contributed by atoms with Crippen molar-refractivity contribution in [2.75, 3.05) is 7.11 Å². The number of ether oxygens (including phenoxy) is 1. The highest BCUT2D eigenvalue weighted by molar-refractivity contribution is 6.33. The molecule has 4 N–H and O–H groups in total. The summed E-state index contributed by atoms with van der Waals surface area (Å²) in [6, 6.07) is 7.57. The number of hydrogen-bond donors (Lipinski definition) is 4. The molecule has 2 heterocycles. The van der Waals surface area contributed by atoms with Crippen molar-refractivity contribution in [3.8, 4) is 11.3 Å². The summed E-state index contributed by atoms with van der Waals surface area (Å²) >= 11 is 6.22. The minimum atomic E-state index is -1.08. The van der Waals surface area contributed by atoms with Gasteiger partial charge in [0.1, 0.15) is 17.7 Å². The fraction of sp³-hybridized carbons (Fsp3) is 0.368. The van der Waals surface area contributed by atoms with Crippen LogP contribution in [0.25, 0.3) is 11.3 Å². The highest BCUT2D eigenvalue weighted by Gasteiger charge is 2.41. The van der Waals surface area contributed by atoms with Gasteiger partial charge in [-0.3, -0.25) is 10.2 Å². The van der Waals surface area contributed by atoms with Gasteiger partial charge >= 0.3 is 11.9 Å². The van der Waals surface area contributed by atoms with Gasteiger partial charge in [-0.25, -0.2) is 10.2 Å². The zero-order valence-corrected chi connectivity index (χ0v) is 16.1. The number of carboxylic acids is 1. The third-order valence-electron chi connectivity index (χ3n) is 4.95. The Morgan fingerprint density at radius 1 is 1.29 bits per heavy atom. The standard InChI is InChI=1S/C19H21ClN2O6/c1-9-17(18(24)22-21-9)12(8-16(23)27-2)15-6-5-14(28-15)11-7-10(19(25)26)3-4-13(11)20/h3-7,9,12,17-18,21-22,24H,8H2,1-2H3,(H,25,26). The molecule has 0 amide bonds. The fourth-order valence-corrected chi connectivity index (χ4v) is 3.70. The Balaban J connectivity index is 1.98. The molecule has 4 atom stereocenters. The van der Waals surface area contributed by atoms with Crippen molar-refractivity contribution in [3.05, 3.63) is 46.7 Å². The van der Waals surface area contributed by atoms with Crippen LogP contribution in [0, 0.1) is 5.92 Å². The summed E-state index contributed by atoms with van der Waals surface area (Å²) < 4.78 is 10.7. The maximum atomic E-state index is 11.9. The smallest absolute Gasteiger partial charge is 0.335 e. The molecule has 1 fully saturated rings. The van der Waals surface area contributed by atoms with Crippen molar-refractivity contribution < 1.29 is 29.0 Å². The summed E-state index contributed by atoms with van der Waals surface area (Å²) in [5.74, 6) is -1.47. The van der Waals surface area contributed by atoms with Gasteiger partial charge in [0.25, 0.3) is 0 Å². The van der Waals surface area contributed by atoms with E-state index < -0.39 is 24.1 Å². The number of carboxylic acid groups (broad SMARTS) is 1. The first-order chi connectivity index (χ1) is 13.3. The van der Waals surface area contributed by atoms with Crippen LogP contribution in [0.1, 0.15) is 35.4 Å². The summed E-state index contributed by atoms with van der Waals surface area (Å²) in [5, 5.41) is 19.8. The Bertz CT molecular complexity index is 873. The Kier molecular flexibility index (Phi) is 6.04. The largest absolute Gasteiger partial charge is 0.478 e. The van der Waals surface area contributed by atoms with E-state index in [0.29, 0.717) is 22.1 Å². The van der Waals surface area contributed by atoms with Crippen molar-refractivity contribution in [1.82, 2.24) is 10.9 Å². The molecule has 150 valence electrons. The molecule has 1 aliphatic heterocycles. The number of esters is 1. The normalized spacial score (nSPS) is 22.8. The first-order valence-corrected chi connectivity index (χ1v) is 9.08. The molecule has 1 aromatic heterocycles. The zero-order chi connectivity index (χ0) is 20.4. The van der Waals surface area contributed by atoms with Gasteiger partial charge in [-0.1, -0.05) is 11.6 Å². The maximum Gasteiger partial charge on any atom is 0.335 e. The minimum absolute atomic E-state index is 0.0157. The number of aromatic carboxylic acids is 1. The second-order valence-corrected chi connectivity index (χ2v) is 7.10. The molecule has 1 aromatic carbocycles. The van der Waals surface area contributed by atoms with Gasteiger partial charge in [0.15, 0.2) is 0 Å². The van der Waals surface area contributed by atoms with E-state index in [1.165, 1.54) is 25.3 Å². The molecule has 0 aliphatic carbocycles. The van der Waals surface area contributed by atoms with Crippen LogP contribution >= 0.6 is 11.6 Å². The van der Waals surface area contributed by atoms with Crippen molar-refractivity contribution >= 4 is 23.5 Å². The monoisotopic (exact) mass is 408 g/mol. The van der Waals surface area contributed by atoms with Gasteiger partial charge in [0.05, 0.1) is 24.1 Å². The van der Waals surface area contributed by atoms with E-state index in [-0.39, 0.29) is 23.9 Å². The second kappa shape index (κ2) is 8.32. The van der Waals surface area contributed by atoms with Crippen LogP contribution in [0.5, 0.6) is 0 Å². The zero-order valence-electron chi connectivity index (χ0n) is 15.3. The average Bonchev–Trinajstić information content (AvgIpc) is 3.27. The molecule has 2 aromatic rings. The molecule has 1 saturated heterocycles. The van der Waals surface area contributed by atoms with Gasteiger partial charge in [-0.2, -0.15) is 0 Å². The lowest BCUT2D eigenvalue weighted by Crippen LogP contribution is -2.33. The van der Waals surface area contributed by atoms with Crippen LogP contribution in [-0.4, -0.2) is 41.5 Å². The van der Waals surface area contributed by atoms with Gasteiger partial charge in [0, 0.05) is 23.4 Å². The molecule has 9 heteroatoms. The number of benzene rings is 1. The van der Waals surface area contributed by atoms with Crippen LogP contribution in [0.2, 0.25) is 5.02 Å². The minimum Gasteiger partial charge on any atom is -0.478 e. The molecule has 4 unspecified atom stereocenters. The molecule has 3 rings (SSSR count). The molecule has 0 bridgehead atoms. The lowest BCUT2D eigenvalue weighted by molar-refractivity contribution is -0.141. The molecule has 0 radical (unpaired) electrons. The van der Waals surface area contributed by atoms with Crippen molar-refractivity contribution in [1.29, 1.82) is 0 Å². The third kappa shape index (κ3) is 4.05. The van der Waals surface area contributed by atoms with Crippen molar-refractivity contribution in [3.63, 3.8) is 0 Å². The first kappa shape index (κ1) is 20.3. The van der Waals surface area contributed by atoms with E-state index >= 15 is 0 Å². The van der Waals surface area contributed by atoms with Crippen molar-refractivity contribution in [2.45, 2.75) is 31.5 Å². The van der Waals surface area contributed by atoms with Crippen LogP contribution in [0.3, 0.4) is 0 Å². The Morgan fingerprint density at radius 2 is 2.04 bits per heavy atom. The summed E-state index contributed by atoms with van der Waals surface area (Å²) in [6.07, 6.45) is -0.862. The summed E-state index contributed by atoms with van der Waals surface area (Å²) in [7, 11) is 1.30. The number of methoxy groups -OCH3 is 1. The summed E-state index contributed by atoms with van der Waals surface area (Å²) in [4.78, 5) is 23.2. The quantitative estimate of drug-likeness (QED) is 0.537. The van der Waals surface area contributed by atoms with E-state index in [2.05, 4.69) is 10.9 Å². The fourth-order valence-electron chi connectivity index (χ4n) is 3.48. The number of aliphatic hydroxyl groups excluding tert-OH is 1. The van der Waals surface area contributed by atoms with Gasteiger partial charge in [-0.05, 0) is 37.3 Å².